The van der Waals surface area contributed by atoms with E-state index in [9.17, 15) is 9.59 Å². The van der Waals surface area contributed by atoms with Crippen molar-refractivity contribution in [3.05, 3.63) is 0 Å². The van der Waals surface area contributed by atoms with Gasteiger partial charge in [0.25, 0.3) is 0 Å². The number of carbonyl (C=O) groups excluding carboxylic acids is 2. The fourth-order valence-electron chi connectivity index (χ4n) is 2.11. The van der Waals surface area contributed by atoms with Crippen LogP contribution in [-0.2, 0) is 9.59 Å². The summed E-state index contributed by atoms with van der Waals surface area (Å²) in [4.78, 5) is 24.9. The van der Waals surface area contributed by atoms with Crippen LogP contribution in [0.5, 0.6) is 0 Å². The second-order valence-electron chi connectivity index (χ2n) is 3.66. The second-order valence-corrected chi connectivity index (χ2v) is 3.66. The van der Waals surface area contributed by atoms with E-state index in [-0.39, 0.29) is 23.9 Å². The second kappa shape index (κ2) is 3.01. The van der Waals surface area contributed by atoms with E-state index in [1.54, 1.807) is 4.90 Å². The van der Waals surface area contributed by atoms with E-state index >= 15 is 0 Å². The maximum Gasteiger partial charge on any atom is 0.245 e. The van der Waals surface area contributed by atoms with Crippen LogP contribution in [0.3, 0.4) is 0 Å². The van der Waals surface area contributed by atoms with E-state index in [1.807, 2.05) is 6.92 Å². The van der Waals surface area contributed by atoms with Gasteiger partial charge in [0.1, 0.15) is 12.1 Å². The van der Waals surface area contributed by atoms with Gasteiger partial charge in [-0.25, -0.2) is 0 Å². The molecule has 0 unspecified atom stereocenters. The lowest BCUT2D eigenvalue weighted by Crippen LogP contribution is -2.60. The summed E-state index contributed by atoms with van der Waals surface area (Å²) < 4.78 is 0. The van der Waals surface area contributed by atoms with Gasteiger partial charge in [-0.3, -0.25) is 9.59 Å². The summed E-state index contributed by atoms with van der Waals surface area (Å²) in [5.41, 5.74) is 0. The number of amides is 2. The summed E-state index contributed by atoms with van der Waals surface area (Å²) >= 11 is 0. The average Bonchev–Trinajstić information content (AvgIpc) is 2.60. The quantitative estimate of drug-likeness (QED) is 0.615. The Morgan fingerprint density at radius 3 is 3.00 bits per heavy atom. The SMILES string of the molecule is CC[C@@H]1NC(=O)[C@H]2CCCN2C1=O. The number of rotatable bonds is 1. The standard InChI is InChI=1S/C9H14N2O2/c1-2-6-9(13)11-5-3-4-7(11)8(12)10-6/h6-7H,2-5H2,1H3,(H,10,12)/t6-,7+/m0/s1. The number of nitrogens with one attached hydrogen (secondary N) is 1. The van der Waals surface area contributed by atoms with Gasteiger partial charge < -0.3 is 10.2 Å². The maximum absolute atomic E-state index is 11.7. The van der Waals surface area contributed by atoms with Gasteiger partial charge in [-0.2, -0.15) is 0 Å². The van der Waals surface area contributed by atoms with Crippen molar-refractivity contribution in [2.45, 2.75) is 38.3 Å². The lowest BCUT2D eigenvalue weighted by Gasteiger charge is -2.34. The van der Waals surface area contributed by atoms with Crippen LogP contribution in [0.4, 0.5) is 0 Å². The van der Waals surface area contributed by atoms with Crippen LogP contribution in [0, 0.1) is 0 Å². The van der Waals surface area contributed by atoms with Gasteiger partial charge >= 0.3 is 0 Å². The van der Waals surface area contributed by atoms with Crippen molar-refractivity contribution in [1.29, 1.82) is 0 Å². The van der Waals surface area contributed by atoms with Crippen molar-refractivity contribution >= 4 is 11.8 Å². The van der Waals surface area contributed by atoms with Gasteiger partial charge in [-0.05, 0) is 19.3 Å². The molecule has 0 spiro atoms. The first-order valence-electron chi connectivity index (χ1n) is 4.85. The van der Waals surface area contributed by atoms with Crippen molar-refractivity contribution < 1.29 is 9.59 Å². The summed E-state index contributed by atoms with van der Waals surface area (Å²) in [6.45, 7) is 2.67. The molecule has 0 saturated carbocycles. The maximum atomic E-state index is 11.7. The lowest BCUT2D eigenvalue weighted by atomic mass is 10.1. The molecule has 2 saturated heterocycles. The molecule has 2 fully saturated rings. The molecule has 13 heavy (non-hydrogen) atoms. The topological polar surface area (TPSA) is 49.4 Å². The number of fused-ring (bicyclic) bond motifs is 1. The van der Waals surface area contributed by atoms with Gasteiger partial charge in [0.05, 0.1) is 0 Å². The molecule has 0 aliphatic carbocycles. The van der Waals surface area contributed by atoms with Gasteiger partial charge in [0.2, 0.25) is 11.8 Å². The molecule has 0 bridgehead atoms. The van der Waals surface area contributed by atoms with Crippen molar-refractivity contribution in [3.8, 4) is 0 Å². The summed E-state index contributed by atoms with van der Waals surface area (Å²) in [5.74, 6) is 0.133. The minimum absolute atomic E-state index is 0.0314. The van der Waals surface area contributed by atoms with Crippen LogP contribution >= 0.6 is 0 Å². The third-order valence-electron chi connectivity index (χ3n) is 2.86. The van der Waals surface area contributed by atoms with Crippen molar-refractivity contribution in [1.82, 2.24) is 10.2 Å². The van der Waals surface area contributed by atoms with Crippen molar-refractivity contribution in [2.75, 3.05) is 6.54 Å². The first-order chi connectivity index (χ1) is 6.24. The van der Waals surface area contributed by atoms with E-state index in [1.165, 1.54) is 0 Å². The molecule has 4 nitrogen and oxygen atoms in total. The van der Waals surface area contributed by atoms with E-state index in [0.717, 1.165) is 19.4 Å². The highest BCUT2D eigenvalue weighted by molar-refractivity contribution is 5.97. The van der Waals surface area contributed by atoms with Crippen molar-refractivity contribution in [2.24, 2.45) is 0 Å². The Kier molecular flexibility index (Phi) is 1.98. The summed E-state index contributed by atoms with van der Waals surface area (Å²) in [5, 5.41) is 2.76. The first kappa shape index (κ1) is 8.53. The lowest BCUT2D eigenvalue weighted by molar-refractivity contribution is -0.147. The third-order valence-corrected chi connectivity index (χ3v) is 2.86. The molecule has 2 atom stereocenters. The molecule has 2 heterocycles. The number of carbonyl (C=O) groups is 2. The monoisotopic (exact) mass is 182 g/mol. The number of piperazine rings is 1. The molecule has 0 aromatic carbocycles. The highest BCUT2D eigenvalue weighted by Gasteiger charge is 2.41. The molecule has 0 aromatic heterocycles. The Labute approximate surface area is 77.3 Å². The first-order valence-corrected chi connectivity index (χ1v) is 4.85. The predicted octanol–water partition coefficient (Wildman–Crippen LogP) is -0.114. The summed E-state index contributed by atoms with van der Waals surface area (Å²) in [7, 11) is 0. The number of hydrogen-bond acceptors (Lipinski definition) is 2. The minimum Gasteiger partial charge on any atom is -0.343 e. The van der Waals surface area contributed by atoms with Crippen molar-refractivity contribution in [3.63, 3.8) is 0 Å². The van der Waals surface area contributed by atoms with Crippen LogP contribution in [0.25, 0.3) is 0 Å². The largest absolute Gasteiger partial charge is 0.343 e. The zero-order valence-electron chi connectivity index (χ0n) is 7.75. The normalized spacial score (nSPS) is 33.2. The van der Waals surface area contributed by atoms with Crippen LogP contribution in [0.2, 0.25) is 0 Å². The fraction of sp³-hybridized carbons (Fsp3) is 0.778. The highest BCUT2D eigenvalue weighted by Crippen LogP contribution is 2.22. The Morgan fingerprint density at radius 1 is 1.54 bits per heavy atom. The Bertz CT molecular complexity index is 252. The van der Waals surface area contributed by atoms with Crippen LogP contribution in [-0.4, -0.2) is 35.3 Å². The van der Waals surface area contributed by atoms with Crippen LogP contribution in [0.1, 0.15) is 26.2 Å². The van der Waals surface area contributed by atoms with Gasteiger partial charge in [-0.1, -0.05) is 6.92 Å². The van der Waals surface area contributed by atoms with E-state index in [4.69, 9.17) is 0 Å². The molecule has 2 amide bonds. The molecule has 2 aliphatic heterocycles. The molecule has 4 heteroatoms. The third kappa shape index (κ3) is 1.20. The Balaban J connectivity index is 2.19. The van der Waals surface area contributed by atoms with E-state index < -0.39 is 0 Å². The van der Waals surface area contributed by atoms with Gasteiger partial charge in [0, 0.05) is 6.54 Å². The molecule has 2 rings (SSSR count). The summed E-state index contributed by atoms with van der Waals surface area (Å²) in [6.07, 6.45) is 2.47. The molecule has 2 aliphatic rings. The van der Waals surface area contributed by atoms with Gasteiger partial charge in [0.15, 0.2) is 0 Å². The highest BCUT2D eigenvalue weighted by atomic mass is 16.2. The molecular weight excluding hydrogens is 168 g/mol. The zero-order valence-corrected chi connectivity index (χ0v) is 7.75. The number of nitrogens with zero attached hydrogens (tertiary/aromatic N) is 1. The number of hydrogen-bond donors (Lipinski definition) is 1. The summed E-state index contributed by atoms with van der Waals surface area (Å²) in [6, 6.07) is -0.447. The van der Waals surface area contributed by atoms with Crippen LogP contribution in [0.15, 0.2) is 0 Å². The molecule has 0 radical (unpaired) electrons. The smallest absolute Gasteiger partial charge is 0.245 e. The fourth-order valence-corrected chi connectivity index (χ4v) is 2.11. The molecular formula is C9H14N2O2. The minimum atomic E-state index is -0.276. The zero-order chi connectivity index (χ0) is 9.42. The van der Waals surface area contributed by atoms with E-state index in [0.29, 0.717) is 6.42 Å². The Hall–Kier alpha value is -1.06. The molecule has 72 valence electrons. The van der Waals surface area contributed by atoms with Gasteiger partial charge in [-0.15, -0.1) is 0 Å². The average molecular weight is 182 g/mol. The molecule has 1 N–H and O–H groups in total. The predicted molar refractivity (Wildman–Crippen MR) is 47.0 cm³/mol. The Morgan fingerprint density at radius 2 is 2.31 bits per heavy atom. The van der Waals surface area contributed by atoms with Crippen LogP contribution < -0.4 is 5.32 Å². The molecule has 0 aromatic rings. The van der Waals surface area contributed by atoms with E-state index in [2.05, 4.69) is 5.32 Å².